The number of nitrogens with zero attached hydrogens (tertiary/aromatic N) is 2. The van der Waals surface area contributed by atoms with Crippen molar-refractivity contribution < 1.29 is 0 Å². The molecule has 1 atom stereocenters. The molecule has 0 amide bonds. The molecular formula is C12H25N3. The maximum absolute atomic E-state index is 5.99. The molecule has 1 unspecified atom stereocenters. The molecule has 0 saturated carbocycles. The van der Waals surface area contributed by atoms with E-state index >= 15 is 0 Å². The van der Waals surface area contributed by atoms with Gasteiger partial charge in [-0.3, -0.25) is 4.99 Å². The maximum atomic E-state index is 5.99. The zero-order valence-corrected chi connectivity index (χ0v) is 10.4. The molecule has 15 heavy (non-hydrogen) atoms. The predicted molar refractivity (Wildman–Crippen MR) is 65.9 cm³/mol. The molecule has 0 bridgehead atoms. The number of hydrogen-bond donors (Lipinski definition) is 1. The first-order valence-electron chi connectivity index (χ1n) is 6.18. The van der Waals surface area contributed by atoms with E-state index < -0.39 is 0 Å². The van der Waals surface area contributed by atoms with Crippen molar-refractivity contribution in [2.75, 3.05) is 19.6 Å². The molecule has 88 valence electrons. The van der Waals surface area contributed by atoms with Crippen LogP contribution in [0, 0.1) is 11.8 Å². The molecule has 1 aliphatic heterocycles. The molecule has 0 aromatic heterocycles. The van der Waals surface area contributed by atoms with Crippen molar-refractivity contribution in [1.82, 2.24) is 4.90 Å². The van der Waals surface area contributed by atoms with Gasteiger partial charge in [0.15, 0.2) is 5.96 Å². The Morgan fingerprint density at radius 1 is 1.53 bits per heavy atom. The van der Waals surface area contributed by atoms with Gasteiger partial charge in [-0.2, -0.15) is 0 Å². The summed E-state index contributed by atoms with van der Waals surface area (Å²) < 4.78 is 0. The first-order valence-corrected chi connectivity index (χ1v) is 6.18. The Morgan fingerprint density at radius 2 is 2.27 bits per heavy atom. The van der Waals surface area contributed by atoms with Crippen LogP contribution in [0.25, 0.3) is 0 Å². The van der Waals surface area contributed by atoms with Gasteiger partial charge in [-0.1, -0.05) is 27.2 Å². The second-order valence-electron chi connectivity index (χ2n) is 4.96. The monoisotopic (exact) mass is 211 g/mol. The first kappa shape index (κ1) is 12.3. The van der Waals surface area contributed by atoms with E-state index in [2.05, 4.69) is 30.7 Å². The third-order valence-electron chi connectivity index (χ3n) is 3.04. The van der Waals surface area contributed by atoms with Crippen molar-refractivity contribution in [3.63, 3.8) is 0 Å². The molecule has 1 rings (SSSR count). The van der Waals surface area contributed by atoms with Gasteiger partial charge in [-0.15, -0.1) is 0 Å². The Hall–Kier alpha value is -0.730. The number of piperidine rings is 1. The van der Waals surface area contributed by atoms with Gasteiger partial charge < -0.3 is 10.6 Å². The molecule has 0 spiro atoms. The standard InChI is InChI=1S/C12H25N3/c1-4-11-6-5-7-15(9-11)12(13)14-8-10(2)3/h10-11H,4-9H2,1-3H3,(H2,13,14). The van der Waals surface area contributed by atoms with Gasteiger partial charge >= 0.3 is 0 Å². The highest BCUT2D eigenvalue weighted by Crippen LogP contribution is 2.18. The molecule has 2 N–H and O–H groups in total. The van der Waals surface area contributed by atoms with Crippen molar-refractivity contribution in [2.24, 2.45) is 22.6 Å². The Kier molecular flexibility index (Phi) is 4.92. The van der Waals surface area contributed by atoms with E-state index in [1.165, 1.54) is 19.3 Å². The van der Waals surface area contributed by atoms with E-state index in [0.717, 1.165) is 31.5 Å². The lowest BCUT2D eigenvalue weighted by molar-refractivity contribution is 0.250. The van der Waals surface area contributed by atoms with Gasteiger partial charge in [-0.25, -0.2) is 0 Å². The van der Waals surface area contributed by atoms with Crippen LogP contribution in [0.15, 0.2) is 4.99 Å². The van der Waals surface area contributed by atoms with Crippen LogP contribution in [0.3, 0.4) is 0 Å². The van der Waals surface area contributed by atoms with Crippen LogP contribution >= 0.6 is 0 Å². The van der Waals surface area contributed by atoms with Crippen LogP contribution in [0.4, 0.5) is 0 Å². The molecule has 1 aliphatic rings. The summed E-state index contributed by atoms with van der Waals surface area (Å²) in [5.41, 5.74) is 5.99. The molecule has 0 aromatic rings. The van der Waals surface area contributed by atoms with Crippen molar-refractivity contribution >= 4 is 5.96 Å². The molecule has 1 heterocycles. The third-order valence-corrected chi connectivity index (χ3v) is 3.04. The number of guanidine groups is 1. The van der Waals surface area contributed by atoms with Crippen LogP contribution in [-0.2, 0) is 0 Å². The summed E-state index contributed by atoms with van der Waals surface area (Å²) >= 11 is 0. The summed E-state index contributed by atoms with van der Waals surface area (Å²) in [6.07, 6.45) is 3.87. The molecule has 0 aliphatic carbocycles. The number of likely N-dealkylation sites (tertiary alicyclic amines) is 1. The summed E-state index contributed by atoms with van der Waals surface area (Å²) in [4.78, 5) is 6.69. The summed E-state index contributed by atoms with van der Waals surface area (Å²) in [7, 11) is 0. The predicted octanol–water partition coefficient (Wildman–Crippen LogP) is 2.08. The Morgan fingerprint density at radius 3 is 2.87 bits per heavy atom. The van der Waals surface area contributed by atoms with E-state index in [1.54, 1.807) is 0 Å². The largest absolute Gasteiger partial charge is 0.370 e. The number of aliphatic imine (C=N–C) groups is 1. The van der Waals surface area contributed by atoms with E-state index in [4.69, 9.17) is 5.73 Å². The lowest BCUT2D eigenvalue weighted by Crippen LogP contribution is -2.44. The molecule has 3 nitrogen and oxygen atoms in total. The van der Waals surface area contributed by atoms with Crippen LogP contribution in [0.5, 0.6) is 0 Å². The van der Waals surface area contributed by atoms with Crippen molar-refractivity contribution in [3.05, 3.63) is 0 Å². The summed E-state index contributed by atoms with van der Waals surface area (Å²) in [6.45, 7) is 9.63. The van der Waals surface area contributed by atoms with Gasteiger partial charge in [0, 0.05) is 19.6 Å². The van der Waals surface area contributed by atoms with Crippen LogP contribution in [0.2, 0.25) is 0 Å². The van der Waals surface area contributed by atoms with Crippen molar-refractivity contribution in [2.45, 2.75) is 40.0 Å². The van der Waals surface area contributed by atoms with Gasteiger partial charge in [0.2, 0.25) is 0 Å². The zero-order valence-electron chi connectivity index (χ0n) is 10.4. The second kappa shape index (κ2) is 5.99. The number of hydrogen-bond acceptors (Lipinski definition) is 1. The Balaban J connectivity index is 2.44. The third kappa shape index (κ3) is 4.10. The number of rotatable bonds is 3. The second-order valence-corrected chi connectivity index (χ2v) is 4.96. The average molecular weight is 211 g/mol. The highest BCUT2D eigenvalue weighted by molar-refractivity contribution is 5.78. The molecule has 1 fully saturated rings. The molecule has 0 aromatic carbocycles. The first-order chi connectivity index (χ1) is 7.13. The van der Waals surface area contributed by atoms with E-state index in [9.17, 15) is 0 Å². The minimum absolute atomic E-state index is 0.593. The minimum Gasteiger partial charge on any atom is -0.370 e. The van der Waals surface area contributed by atoms with E-state index in [-0.39, 0.29) is 0 Å². The van der Waals surface area contributed by atoms with Crippen LogP contribution in [-0.4, -0.2) is 30.5 Å². The van der Waals surface area contributed by atoms with Crippen LogP contribution in [0.1, 0.15) is 40.0 Å². The average Bonchev–Trinajstić information content (AvgIpc) is 2.26. The fourth-order valence-corrected chi connectivity index (χ4v) is 1.98. The lowest BCUT2D eigenvalue weighted by Gasteiger charge is -2.33. The summed E-state index contributed by atoms with van der Waals surface area (Å²) in [5, 5.41) is 0. The normalized spacial score (nSPS) is 23.6. The topological polar surface area (TPSA) is 41.6 Å². The number of nitrogens with two attached hydrogens (primary N) is 1. The molecule has 1 saturated heterocycles. The molecular weight excluding hydrogens is 186 g/mol. The van der Waals surface area contributed by atoms with E-state index in [1.807, 2.05) is 0 Å². The zero-order chi connectivity index (χ0) is 11.3. The van der Waals surface area contributed by atoms with Gasteiger partial charge in [-0.05, 0) is 24.7 Å². The highest BCUT2D eigenvalue weighted by Gasteiger charge is 2.19. The van der Waals surface area contributed by atoms with Gasteiger partial charge in [0.05, 0.1) is 0 Å². The Bertz CT molecular complexity index is 211. The fourth-order valence-electron chi connectivity index (χ4n) is 1.98. The van der Waals surface area contributed by atoms with Crippen molar-refractivity contribution in [1.29, 1.82) is 0 Å². The SMILES string of the molecule is CCC1CCCN(C(N)=NCC(C)C)C1. The molecule has 0 radical (unpaired) electrons. The van der Waals surface area contributed by atoms with E-state index in [0.29, 0.717) is 5.92 Å². The van der Waals surface area contributed by atoms with Gasteiger partial charge in [0.1, 0.15) is 0 Å². The summed E-state index contributed by atoms with van der Waals surface area (Å²) in [6, 6.07) is 0. The summed E-state index contributed by atoms with van der Waals surface area (Å²) in [5.74, 6) is 2.16. The smallest absolute Gasteiger partial charge is 0.191 e. The lowest BCUT2D eigenvalue weighted by atomic mass is 9.96. The Labute approximate surface area is 93.7 Å². The fraction of sp³-hybridized carbons (Fsp3) is 0.917. The van der Waals surface area contributed by atoms with Crippen molar-refractivity contribution in [3.8, 4) is 0 Å². The van der Waals surface area contributed by atoms with Gasteiger partial charge in [0.25, 0.3) is 0 Å². The highest BCUT2D eigenvalue weighted by atomic mass is 15.3. The van der Waals surface area contributed by atoms with Crippen LogP contribution < -0.4 is 5.73 Å². The molecule has 3 heteroatoms. The minimum atomic E-state index is 0.593. The maximum Gasteiger partial charge on any atom is 0.191 e. The quantitative estimate of drug-likeness (QED) is 0.573.